The number of benzene rings is 4. The van der Waals surface area contributed by atoms with Crippen molar-refractivity contribution in [2.45, 2.75) is 17.9 Å². The van der Waals surface area contributed by atoms with Crippen molar-refractivity contribution in [2.24, 2.45) is 10.9 Å². The number of carbonyl (C=O) groups is 2. The maximum absolute atomic E-state index is 13.5. The van der Waals surface area contributed by atoms with Gasteiger partial charge in [0, 0.05) is 37.8 Å². The maximum Gasteiger partial charge on any atom is 0.251 e. The summed E-state index contributed by atoms with van der Waals surface area (Å²) in [7, 11) is -2.19. The fourth-order valence-electron chi connectivity index (χ4n) is 4.56. The largest absolute Gasteiger partial charge is 0.497 e. The summed E-state index contributed by atoms with van der Waals surface area (Å²) in [5, 5.41) is 8.02. The Morgan fingerprint density at radius 2 is 1.57 bits per heavy atom. The highest BCUT2D eigenvalue weighted by Gasteiger charge is 2.14. The zero-order valence-electron chi connectivity index (χ0n) is 24.5. The van der Waals surface area contributed by atoms with E-state index in [-0.39, 0.29) is 16.7 Å². The van der Waals surface area contributed by atoms with Gasteiger partial charge < -0.3 is 20.7 Å². The Hall–Kier alpha value is -4.77. The highest BCUT2D eigenvalue weighted by molar-refractivity contribution is 7.89. The van der Waals surface area contributed by atoms with Gasteiger partial charge in [0.05, 0.1) is 12.0 Å². The summed E-state index contributed by atoms with van der Waals surface area (Å²) >= 11 is 0. The molecule has 0 fully saturated rings. The van der Waals surface area contributed by atoms with Crippen LogP contribution >= 0.6 is 0 Å². The highest BCUT2D eigenvalue weighted by atomic mass is 32.2. The van der Waals surface area contributed by atoms with Crippen molar-refractivity contribution < 1.29 is 22.7 Å². The third-order valence-corrected chi connectivity index (χ3v) is 7.89. The minimum atomic E-state index is -3.79. The average Bonchev–Trinajstić information content (AvgIpc) is 3.04. The van der Waals surface area contributed by atoms with Crippen LogP contribution < -0.4 is 20.9 Å². The molecule has 0 aliphatic rings. The van der Waals surface area contributed by atoms with Crippen LogP contribution in [0.4, 0.5) is 0 Å². The van der Waals surface area contributed by atoms with Crippen molar-refractivity contribution in [3.05, 3.63) is 125 Å². The predicted octanol–water partition coefficient (Wildman–Crippen LogP) is 3.98. The van der Waals surface area contributed by atoms with Crippen LogP contribution in [-0.2, 0) is 27.8 Å². The molecule has 2 amide bonds. The molecule has 4 aromatic rings. The van der Waals surface area contributed by atoms with E-state index in [2.05, 4.69) is 5.32 Å². The molecule has 0 radical (unpaired) electrons. The topological polar surface area (TPSA) is 145 Å². The molecule has 0 aliphatic carbocycles. The molecule has 0 spiro atoms. The molecule has 0 aromatic heterocycles. The normalized spacial score (nSPS) is 11.3. The van der Waals surface area contributed by atoms with Gasteiger partial charge >= 0.3 is 0 Å². The maximum atomic E-state index is 13.5. The highest BCUT2D eigenvalue weighted by Crippen LogP contribution is 2.23. The number of primary sulfonamides is 1. The van der Waals surface area contributed by atoms with Crippen LogP contribution in [0.15, 0.2) is 108 Å². The van der Waals surface area contributed by atoms with Crippen LogP contribution in [0.3, 0.4) is 0 Å². The Kier molecular flexibility index (Phi) is 11.0. The van der Waals surface area contributed by atoms with E-state index in [1.54, 1.807) is 42.4 Å². The molecule has 4 aromatic carbocycles. The molecule has 0 heterocycles. The molecule has 0 atom stereocenters. The molecule has 0 unspecified atom stereocenters. The average molecular weight is 613 g/mol. The van der Waals surface area contributed by atoms with E-state index in [0.29, 0.717) is 38.2 Å². The van der Waals surface area contributed by atoms with E-state index >= 15 is 0 Å². The van der Waals surface area contributed by atoms with Gasteiger partial charge in [-0.1, -0.05) is 54.6 Å². The standard InChI is InChI=1S/C34H36N4O5S/c1-43-31-13-8-25(9-14-31)12-17-33(39)38(21-18-26-10-15-32(16-11-26)44(36,41)42)24-27-4-2-5-28(22-27)29-6-3-7-30(23-29)34(40)37-20-19-35/h2-17,22-23H,18-21,24,35H2,1H3,(H,37,40)(H2,36,41,42)/b17-12+. The molecule has 228 valence electrons. The number of rotatable bonds is 13. The van der Waals surface area contributed by atoms with Crippen molar-refractivity contribution in [3.63, 3.8) is 0 Å². The number of amides is 2. The third-order valence-electron chi connectivity index (χ3n) is 6.96. The molecule has 9 nitrogen and oxygen atoms in total. The summed E-state index contributed by atoms with van der Waals surface area (Å²) in [6.07, 6.45) is 3.80. The second-order valence-electron chi connectivity index (χ2n) is 10.1. The van der Waals surface area contributed by atoms with Crippen LogP contribution in [0.1, 0.15) is 27.0 Å². The summed E-state index contributed by atoms with van der Waals surface area (Å²) in [6, 6.07) is 28.9. The number of methoxy groups -OCH3 is 1. The molecule has 0 bridgehead atoms. The first-order valence-electron chi connectivity index (χ1n) is 14.1. The Bertz CT molecular complexity index is 1720. The lowest BCUT2D eigenvalue weighted by atomic mass is 10.0. The second-order valence-corrected chi connectivity index (χ2v) is 11.7. The quantitative estimate of drug-likeness (QED) is 0.195. The molecule has 5 N–H and O–H groups in total. The molecule has 10 heteroatoms. The van der Waals surface area contributed by atoms with E-state index in [1.807, 2.05) is 66.7 Å². The lowest BCUT2D eigenvalue weighted by Crippen LogP contribution is -2.31. The van der Waals surface area contributed by atoms with Crippen molar-refractivity contribution >= 4 is 27.9 Å². The zero-order valence-corrected chi connectivity index (χ0v) is 25.3. The van der Waals surface area contributed by atoms with Gasteiger partial charge in [-0.05, 0) is 82.8 Å². The first kappa shape index (κ1) is 32.2. The molecule has 44 heavy (non-hydrogen) atoms. The van der Waals surface area contributed by atoms with Crippen molar-refractivity contribution in [1.29, 1.82) is 0 Å². The first-order chi connectivity index (χ1) is 21.2. The lowest BCUT2D eigenvalue weighted by molar-refractivity contribution is -0.126. The number of hydrogen-bond donors (Lipinski definition) is 3. The van der Waals surface area contributed by atoms with Crippen LogP contribution in [0, 0.1) is 0 Å². The van der Waals surface area contributed by atoms with E-state index in [9.17, 15) is 18.0 Å². The van der Waals surface area contributed by atoms with Gasteiger partial charge in [0.2, 0.25) is 15.9 Å². The van der Waals surface area contributed by atoms with E-state index < -0.39 is 10.0 Å². The van der Waals surface area contributed by atoms with Gasteiger partial charge in [0.15, 0.2) is 0 Å². The lowest BCUT2D eigenvalue weighted by Gasteiger charge is -2.22. The van der Waals surface area contributed by atoms with Crippen molar-refractivity contribution in [3.8, 4) is 16.9 Å². The molecule has 4 rings (SSSR count). The SMILES string of the molecule is COc1ccc(/C=C/C(=O)N(CCc2ccc(S(N)(=O)=O)cc2)Cc2cccc(-c3cccc(C(=O)NCCN)c3)c2)cc1. The van der Waals surface area contributed by atoms with Gasteiger partial charge in [0.25, 0.3) is 5.91 Å². The fourth-order valence-corrected chi connectivity index (χ4v) is 5.08. The molecular weight excluding hydrogens is 576 g/mol. The number of hydrogen-bond acceptors (Lipinski definition) is 6. The van der Waals surface area contributed by atoms with Gasteiger partial charge in [-0.3, -0.25) is 9.59 Å². The van der Waals surface area contributed by atoms with Gasteiger partial charge in [0.1, 0.15) is 5.75 Å². The number of nitrogens with zero attached hydrogens (tertiary/aromatic N) is 1. The number of sulfonamides is 1. The molecule has 0 saturated carbocycles. The van der Waals surface area contributed by atoms with Crippen LogP contribution in [0.25, 0.3) is 17.2 Å². The summed E-state index contributed by atoms with van der Waals surface area (Å²) < 4.78 is 28.5. The molecule has 0 aliphatic heterocycles. The Balaban J connectivity index is 1.55. The van der Waals surface area contributed by atoms with E-state index in [4.69, 9.17) is 15.6 Å². The van der Waals surface area contributed by atoms with Gasteiger partial charge in [-0.25, -0.2) is 13.6 Å². The summed E-state index contributed by atoms with van der Waals surface area (Å²) in [4.78, 5) is 27.7. The number of carbonyl (C=O) groups excluding carboxylic acids is 2. The number of nitrogens with one attached hydrogen (secondary N) is 1. The van der Waals surface area contributed by atoms with Gasteiger partial charge in [-0.15, -0.1) is 0 Å². The van der Waals surface area contributed by atoms with Crippen molar-refractivity contribution in [1.82, 2.24) is 10.2 Å². The summed E-state index contributed by atoms with van der Waals surface area (Å²) in [5.74, 6) is 0.363. The number of nitrogens with two attached hydrogens (primary N) is 2. The van der Waals surface area contributed by atoms with Gasteiger partial charge in [-0.2, -0.15) is 0 Å². The summed E-state index contributed by atoms with van der Waals surface area (Å²) in [6.45, 7) is 1.48. The Labute approximate surface area is 258 Å². The van der Waals surface area contributed by atoms with Crippen LogP contribution in [0.5, 0.6) is 5.75 Å². The minimum Gasteiger partial charge on any atom is -0.497 e. The summed E-state index contributed by atoms with van der Waals surface area (Å²) in [5.41, 5.74) is 10.5. The Morgan fingerprint density at radius 1 is 0.886 bits per heavy atom. The van der Waals surface area contributed by atoms with Crippen molar-refractivity contribution in [2.75, 3.05) is 26.7 Å². The smallest absolute Gasteiger partial charge is 0.251 e. The number of ether oxygens (including phenoxy) is 1. The Morgan fingerprint density at radius 3 is 2.23 bits per heavy atom. The third kappa shape index (κ3) is 9.11. The molecular formula is C34H36N4O5S. The minimum absolute atomic E-state index is 0.0364. The zero-order chi connectivity index (χ0) is 31.5. The first-order valence-corrected chi connectivity index (χ1v) is 15.6. The van der Waals surface area contributed by atoms with Crippen LogP contribution in [0.2, 0.25) is 0 Å². The molecule has 0 saturated heterocycles. The van der Waals surface area contributed by atoms with E-state index in [1.165, 1.54) is 12.1 Å². The van der Waals surface area contributed by atoms with Crippen LogP contribution in [-0.4, -0.2) is 51.9 Å². The van der Waals surface area contributed by atoms with E-state index in [0.717, 1.165) is 33.6 Å². The second kappa shape index (κ2) is 15.1. The monoisotopic (exact) mass is 612 g/mol. The fraction of sp³-hybridized carbons (Fsp3) is 0.176. The predicted molar refractivity (Wildman–Crippen MR) is 172 cm³/mol.